The lowest BCUT2D eigenvalue weighted by Crippen LogP contribution is -2.50. The van der Waals surface area contributed by atoms with Crippen LogP contribution in [-0.4, -0.2) is 80.7 Å². The molecule has 0 saturated carbocycles. The van der Waals surface area contributed by atoms with E-state index in [0.29, 0.717) is 13.1 Å². The molecule has 0 aliphatic carbocycles. The summed E-state index contributed by atoms with van der Waals surface area (Å²) in [6, 6.07) is 4.85. The molecule has 0 aromatic heterocycles. The first kappa shape index (κ1) is 24.0. The van der Waals surface area contributed by atoms with Crippen LogP contribution in [0.25, 0.3) is 0 Å². The molecule has 2 fully saturated rings. The van der Waals surface area contributed by atoms with E-state index in [1.807, 2.05) is 13.8 Å². The van der Waals surface area contributed by atoms with Gasteiger partial charge in [0.25, 0.3) is 5.91 Å². The Bertz CT molecular complexity index is 867. The van der Waals surface area contributed by atoms with Crippen LogP contribution >= 0.6 is 0 Å². The molecule has 7 nitrogen and oxygen atoms in total. The SMILES string of the molecule is CC1CN(CC2CCCN2S(=O)(=O)c2ccc(C(=O)NCC(F)(F)F)cc2)CC(C)O1. The van der Waals surface area contributed by atoms with Crippen LogP contribution < -0.4 is 5.32 Å². The summed E-state index contributed by atoms with van der Waals surface area (Å²) in [6.07, 6.45) is -2.81. The fourth-order valence-corrected chi connectivity index (χ4v) is 5.92. The van der Waals surface area contributed by atoms with Crippen molar-refractivity contribution in [2.24, 2.45) is 0 Å². The standard InChI is InChI=1S/C20H28F3N3O4S/c1-14-10-25(11-15(2)30-14)12-17-4-3-9-26(17)31(28,29)18-7-5-16(6-8-18)19(27)24-13-20(21,22)23/h5-8,14-15,17H,3-4,9-13H2,1-2H3,(H,24,27). The minimum absolute atomic E-state index is 0.0236. The van der Waals surface area contributed by atoms with Crippen molar-refractivity contribution < 1.29 is 31.1 Å². The van der Waals surface area contributed by atoms with Crippen LogP contribution in [0, 0.1) is 0 Å². The minimum atomic E-state index is -4.51. The van der Waals surface area contributed by atoms with E-state index >= 15 is 0 Å². The van der Waals surface area contributed by atoms with Crippen molar-refractivity contribution in [3.05, 3.63) is 29.8 Å². The Balaban J connectivity index is 1.68. The van der Waals surface area contributed by atoms with Crippen LogP contribution in [0.1, 0.15) is 37.0 Å². The molecule has 3 atom stereocenters. The number of sulfonamides is 1. The van der Waals surface area contributed by atoms with Gasteiger partial charge in [-0.15, -0.1) is 0 Å². The second kappa shape index (κ2) is 9.43. The predicted molar refractivity (Wildman–Crippen MR) is 108 cm³/mol. The molecule has 1 N–H and O–H groups in total. The van der Waals surface area contributed by atoms with Crippen molar-refractivity contribution >= 4 is 15.9 Å². The first-order valence-electron chi connectivity index (χ1n) is 10.3. The number of hydrogen-bond acceptors (Lipinski definition) is 5. The van der Waals surface area contributed by atoms with Crippen LogP contribution in [0.5, 0.6) is 0 Å². The number of halogens is 3. The van der Waals surface area contributed by atoms with E-state index in [1.165, 1.54) is 28.6 Å². The van der Waals surface area contributed by atoms with Crippen LogP contribution in [0.3, 0.4) is 0 Å². The van der Waals surface area contributed by atoms with Gasteiger partial charge in [-0.25, -0.2) is 8.42 Å². The normalized spacial score (nSPS) is 26.2. The Hall–Kier alpha value is -1.69. The second-order valence-electron chi connectivity index (χ2n) is 8.21. The lowest BCUT2D eigenvalue weighted by Gasteiger charge is -2.38. The van der Waals surface area contributed by atoms with Crippen molar-refractivity contribution in [2.75, 3.05) is 32.7 Å². The Kier molecular flexibility index (Phi) is 7.29. The number of amides is 1. The fourth-order valence-electron chi connectivity index (χ4n) is 4.24. The topological polar surface area (TPSA) is 79.0 Å². The lowest BCUT2D eigenvalue weighted by atomic mass is 10.1. The number of benzene rings is 1. The molecule has 1 aromatic rings. The van der Waals surface area contributed by atoms with Gasteiger partial charge in [0, 0.05) is 37.8 Å². The van der Waals surface area contributed by atoms with Crippen LogP contribution in [0.15, 0.2) is 29.2 Å². The van der Waals surface area contributed by atoms with Crippen LogP contribution in [-0.2, 0) is 14.8 Å². The number of carbonyl (C=O) groups is 1. The summed E-state index contributed by atoms with van der Waals surface area (Å²) in [5, 5.41) is 1.77. The zero-order valence-electron chi connectivity index (χ0n) is 17.6. The van der Waals surface area contributed by atoms with Crippen molar-refractivity contribution in [1.29, 1.82) is 0 Å². The summed E-state index contributed by atoms with van der Waals surface area (Å²) in [4.78, 5) is 14.1. The average Bonchev–Trinajstić information content (AvgIpc) is 3.13. The van der Waals surface area contributed by atoms with Crippen molar-refractivity contribution in [3.8, 4) is 0 Å². The van der Waals surface area contributed by atoms with Gasteiger partial charge in [0.1, 0.15) is 6.54 Å². The molecule has 2 aliphatic rings. The monoisotopic (exact) mass is 463 g/mol. The first-order chi connectivity index (χ1) is 14.5. The maximum atomic E-state index is 13.2. The highest BCUT2D eigenvalue weighted by molar-refractivity contribution is 7.89. The highest BCUT2D eigenvalue weighted by Crippen LogP contribution is 2.27. The van der Waals surface area contributed by atoms with Gasteiger partial charge in [-0.2, -0.15) is 17.5 Å². The molecule has 31 heavy (non-hydrogen) atoms. The second-order valence-corrected chi connectivity index (χ2v) is 10.1. The van der Waals surface area contributed by atoms with E-state index in [2.05, 4.69) is 4.90 Å². The number of hydrogen-bond donors (Lipinski definition) is 1. The first-order valence-corrected chi connectivity index (χ1v) is 11.7. The smallest absolute Gasteiger partial charge is 0.373 e. The zero-order chi connectivity index (χ0) is 22.8. The highest BCUT2D eigenvalue weighted by atomic mass is 32.2. The molecule has 2 heterocycles. The van der Waals surface area contributed by atoms with Crippen molar-refractivity contribution in [3.63, 3.8) is 0 Å². The van der Waals surface area contributed by atoms with Gasteiger partial charge in [0.05, 0.1) is 17.1 Å². The highest BCUT2D eigenvalue weighted by Gasteiger charge is 2.37. The molecular formula is C20H28F3N3O4S. The average molecular weight is 464 g/mol. The Morgan fingerprint density at radius 3 is 2.35 bits per heavy atom. The van der Waals surface area contributed by atoms with Gasteiger partial charge >= 0.3 is 6.18 Å². The Labute approximate surface area is 180 Å². The van der Waals surface area contributed by atoms with Gasteiger partial charge in [-0.05, 0) is 51.0 Å². The van der Waals surface area contributed by atoms with Crippen molar-refractivity contribution in [2.45, 2.75) is 56.0 Å². The largest absolute Gasteiger partial charge is 0.405 e. The summed E-state index contributed by atoms with van der Waals surface area (Å²) < 4.78 is 70.4. The third-order valence-corrected chi connectivity index (χ3v) is 7.43. The molecule has 1 aromatic carbocycles. The van der Waals surface area contributed by atoms with E-state index in [-0.39, 0.29) is 28.7 Å². The third-order valence-electron chi connectivity index (χ3n) is 5.46. The predicted octanol–water partition coefficient (Wildman–Crippen LogP) is 2.24. The van der Waals surface area contributed by atoms with Gasteiger partial charge in [-0.1, -0.05) is 0 Å². The van der Waals surface area contributed by atoms with Gasteiger partial charge in [-0.3, -0.25) is 9.69 Å². The van der Waals surface area contributed by atoms with E-state index in [9.17, 15) is 26.4 Å². The van der Waals surface area contributed by atoms with Gasteiger partial charge in [0.15, 0.2) is 0 Å². The zero-order valence-corrected chi connectivity index (χ0v) is 18.4. The summed E-state index contributed by atoms with van der Waals surface area (Å²) in [7, 11) is -3.78. The molecule has 3 rings (SSSR count). The van der Waals surface area contributed by atoms with Crippen LogP contribution in [0.4, 0.5) is 13.2 Å². The van der Waals surface area contributed by atoms with Crippen LogP contribution in [0.2, 0.25) is 0 Å². The third kappa shape index (κ3) is 6.18. The van der Waals surface area contributed by atoms with Gasteiger partial charge in [0.2, 0.25) is 10.0 Å². The Morgan fingerprint density at radius 1 is 1.16 bits per heavy atom. The molecule has 1 amide bonds. The summed E-state index contributed by atoms with van der Waals surface area (Å²) >= 11 is 0. The molecule has 0 bridgehead atoms. The van der Waals surface area contributed by atoms with Gasteiger partial charge < -0.3 is 10.1 Å². The maximum Gasteiger partial charge on any atom is 0.405 e. The van der Waals surface area contributed by atoms with Crippen molar-refractivity contribution in [1.82, 2.24) is 14.5 Å². The molecule has 0 radical (unpaired) electrons. The number of alkyl halides is 3. The maximum absolute atomic E-state index is 13.2. The number of carbonyl (C=O) groups excluding carboxylic acids is 1. The summed E-state index contributed by atoms with van der Waals surface area (Å²) in [5.41, 5.74) is -0.0301. The van der Waals surface area contributed by atoms with E-state index in [4.69, 9.17) is 4.74 Å². The van der Waals surface area contributed by atoms with E-state index in [1.54, 1.807) is 5.32 Å². The molecule has 0 spiro atoms. The molecule has 174 valence electrons. The lowest BCUT2D eigenvalue weighted by molar-refractivity contribution is -0.123. The molecular weight excluding hydrogens is 435 g/mol. The van der Waals surface area contributed by atoms with E-state index < -0.39 is 28.7 Å². The molecule has 11 heteroatoms. The minimum Gasteiger partial charge on any atom is -0.373 e. The summed E-state index contributed by atoms with van der Waals surface area (Å²) in [5.74, 6) is -0.907. The number of nitrogens with zero attached hydrogens (tertiary/aromatic N) is 2. The number of morpholine rings is 1. The quantitative estimate of drug-likeness (QED) is 0.700. The Morgan fingerprint density at radius 2 is 1.77 bits per heavy atom. The molecule has 2 saturated heterocycles. The van der Waals surface area contributed by atoms with E-state index in [0.717, 1.165) is 25.9 Å². The number of rotatable bonds is 6. The number of ether oxygens (including phenoxy) is 1. The summed E-state index contributed by atoms with van der Waals surface area (Å²) in [6.45, 7) is 5.08. The molecule has 2 aliphatic heterocycles. The fraction of sp³-hybridized carbons (Fsp3) is 0.650. The number of nitrogens with one attached hydrogen (secondary N) is 1. The molecule has 3 unspecified atom stereocenters.